The first-order valence-electron chi connectivity index (χ1n) is 5.66. The smallest absolute Gasteiger partial charge is 0.148 e. The van der Waals surface area contributed by atoms with Crippen LogP contribution in [0.15, 0.2) is 18.2 Å². The van der Waals surface area contributed by atoms with E-state index in [-0.39, 0.29) is 5.75 Å². The molecule has 1 aromatic rings. The number of rotatable bonds is 7. The maximum Gasteiger partial charge on any atom is 0.148 e. The van der Waals surface area contributed by atoms with Crippen molar-refractivity contribution in [2.75, 3.05) is 31.7 Å². The SMILES string of the molecule is Cc1cc(OCCNCCS(C)(=O)=O)ccc1Cl. The molecule has 1 aromatic carbocycles. The van der Waals surface area contributed by atoms with Crippen molar-refractivity contribution in [3.05, 3.63) is 28.8 Å². The normalized spacial score (nSPS) is 11.5. The zero-order valence-electron chi connectivity index (χ0n) is 10.6. The Kier molecular flexibility index (Phi) is 5.91. The molecule has 6 heteroatoms. The van der Waals surface area contributed by atoms with Crippen LogP contribution in [0.4, 0.5) is 0 Å². The molecule has 0 fully saturated rings. The van der Waals surface area contributed by atoms with Gasteiger partial charge < -0.3 is 10.1 Å². The molecule has 0 aliphatic rings. The fraction of sp³-hybridized carbons (Fsp3) is 0.500. The number of sulfone groups is 1. The van der Waals surface area contributed by atoms with Crippen LogP contribution >= 0.6 is 11.6 Å². The molecule has 1 rings (SSSR count). The second-order valence-electron chi connectivity index (χ2n) is 4.14. The highest BCUT2D eigenvalue weighted by Gasteiger charge is 2.01. The van der Waals surface area contributed by atoms with E-state index in [4.69, 9.17) is 16.3 Å². The Morgan fingerprint density at radius 3 is 2.67 bits per heavy atom. The molecule has 0 unspecified atom stereocenters. The average molecular weight is 292 g/mol. The summed E-state index contributed by atoms with van der Waals surface area (Å²) in [6.45, 7) is 3.46. The van der Waals surface area contributed by atoms with Crippen LogP contribution in [0.3, 0.4) is 0 Å². The predicted octanol–water partition coefficient (Wildman–Crippen LogP) is 1.66. The molecule has 0 bridgehead atoms. The molecule has 102 valence electrons. The highest BCUT2D eigenvalue weighted by molar-refractivity contribution is 7.90. The molecule has 0 aromatic heterocycles. The molecule has 0 heterocycles. The third-order valence-electron chi connectivity index (χ3n) is 2.33. The molecule has 18 heavy (non-hydrogen) atoms. The minimum Gasteiger partial charge on any atom is -0.492 e. The van der Waals surface area contributed by atoms with E-state index in [0.717, 1.165) is 11.3 Å². The Labute approximate surface area is 113 Å². The Balaban J connectivity index is 2.20. The van der Waals surface area contributed by atoms with Gasteiger partial charge in [-0.25, -0.2) is 8.42 Å². The van der Waals surface area contributed by atoms with Crippen molar-refractivity contribution in [2.24, 2.45) is 0 Å². The molecule has 4 nitrogen and oxygen atoms in total. The molecular formula is C12H18ClNO3S. The number of hydrogen-bond acceptors (Lipinski definition) is 4. The van der Waals surface area contributed by atoms with Crippen molar-refractivity contribution in [2.45, 2.75) is 6.92 Å². The summed E-state index contributed by atoms with van der Waals surface area (Å²) in [5, 5.41) is 3.72. The van der Waals surface area contributed by atoms with Crippen LogP contribution in [0.1, 0.15) is 5.56 Å². The first-order valence-corrected chi connectivity index (χ1v) is 8.10. The van der Waals surface area contributed by atoms with Crippen LogP contribution in [-0.4, -0.2) is 40.1 Å². The lowest BCUT2D eigenvalue weighted by Crippen LogP contribution is -2.26. The highest BCUT2D eigenvalue weighted by atomic mass is 35.5. The van der Waals surface area contributed by atoms with Gasteiger partial charge >= 0.3 is 0 Å². The van der Waals surface area contributed by atoms with Crippen molar-refractivity contribution < 1.29 is 13.2 Å². The predicted molar refractivity (Wildman–Crippen MR) is 74.3 cm³/mol. The number of aryl methyl sites for hydroxylation is 1. The van der Waals surface area contributed by atoms with Gasteiger partial charge in [-0.15, -0.1) is 0 Å². The number of benzene rings is 1. The summed E-state index contributed by atoms with van der Waals surface area (Å²) >= 11 is 5.90. The highest BCUT2D eigenvalue weighted by Crippen LogP contribution is 2.20. The van der Waals surface area contributed by atoms with Gasteiger partial charge in [0.2, 0.25) is 0 Å². The first kappa shape index (κ1) is 15.3. The van der Waals surface area contributed by atoms with Crippen molar-refractivity contribution in [1.82, 2.24) is 5.32 Å². The van der Waals surface area contributed by atoms with Crippen LogP contribution in [0.5, 0.6) is 5.75 Å². The van der Waals surface area contributed by atoms with Gasteiger partial charge in [0.25, 0.3) is 0 Å². The van der Waals surface area contributed by atoms with Crippen LogP contribution in [0.25, 0.3) is 0 Å². The van der Waals surface area contributed by atoms with E-state index in [1.807, 2.05) is 19.1 Å². The van der Waals surface area contributed by atoms with E-state index in [9.17, 15) is 8.42 Å². The summed E-state index contributed by atoms with van der Waals surface area (Å²) < 4.78 is 27.2. The number of nitrogens with one attached hydrogen (secondary N) is 1. The van der Waals surface area contributed by atoms with Crippen molar-refractivity contribution in [3.8, 4) is 5.75 Å². The minimum atomic E-state index is -2.89. The summed E-state index contributed by atoms with van der Waals surface area (Å²) in [7, 11) is -2.89. The molecule has 0 aliphatic carbocycles. The Morgan fingerprint density at radius 2 is 2.06 bits per heavy atom. The van der Waals surface area contributed by atoms with E-state index in [2.05, 4.69) is 5.32 Å². The lowest BCUT2D eigenvalue weighted by atomic mass is 10.2. The molecule has 0 spiro atoms. The fourth-order valence-electron chi connectivity index (χ4n) is 1.33. The Morgan fingerprint density at radius 1 is 1.33 bits per heavy atom. The van der Waals surface area contributed by atoms with E-state index >= 15 is 0 Å². The Bertz CT molecular complexity index is 488. The molecule has 0 aliphatic heterocycles. The van der Waals surface area contributed by atoms with Crippen molar-refractivity contribution in [1.29, 1.82) is 0 Å². The van der Waals surface area contributed by atoms with E-state index in [0.29, 0.717) is 24.7 Å². The maximum atomic E-state index is 10.9. The largest absolute Gasteiger partial charge is 0.492 e. The molecule has 0 saturated carbocycles. The summed E-state index contributed by atoms with van der Waals surface area (Å²) in [6, 6.07) is 5.48. The third kappa shape index (κ3) is 6.23. The zero-order valence-corrected chi connectivity index (χ0v) is 12.1. The minimum absolute atomic E-state index is 0.146. The van der Waals surface area contributed by atoms with E-state index in [1.165, 1.54) is 6.26 Å². The van der Waals surface area contributed by atoms with Gasteiger partial charge in [-0.2, -0.15) is 0 Å². The number of ether oxygens (including phenoxy) is 1. The first-order chi connectivity index (χ1) is 8.38. The van der Waals surface area contributed by atoms with Gasteiger partial charge in [0.05, 0.1) is 5.75 Å². The molecule has 0 amide bonds. The fourth-order valence-corrected chi connectivity index (χ4v) is 1.96. The Hall–Kier alpha value is -0.780. The van der Waals surface area contributed by atoms with Gasteiger partial charge in [-0.1, -0.05) is 11.6 Å². The van der Waals surface area contributed by atoms with Crippen LogP contribution in [0.2, 0.25) is 5.02 Å². The molecule has 0 saturated heterocycles. The van der Waals surface area contributed by atoms with Gasteiger partial charge in [0, 0.05) is 24.4 Å². The van der Waals surface area contributed by atoms with Gasteiger partial charge in [0.15, 0.2) is 0 Å². The second kappa shape index (κ2) is 6.97. The van der Waals surface area contributed by atoms with Crippen LogP contribution < -0.4 is 10.1 Å². The average Bonchev–Trinajstić information content (AvgIpc) is 2.26. The lowest BCUT2D eigenvalue weighted by molar-refractivity contribution is 0.315. The number of halogens is 1. The standard InChI is InChI=1S/C12H18ClNO3S/c1-10-9-11(3-4-12(10)13)17-7-5-14-6-8-18(2,15)16/h3-4,9,14H,5-8H2,1-2H3. The van der Waals surface area contributed by atoms with Gasteiger partial charge in [-0.3, -0.25) is 0 Å². The van der Waals surface area contributed by atoms with E-state index in [1.54, 1.807) is 6.07 Å². The maximum absolute atomic E-state index is 10.9. The van der Waals surface area contributed by atoms with Crippen molar-refractivity contribution in [3.63, 3.8) is 0 Å². The molecule has 1 N–H and O–H groups in total. The lowest BCUT2D eigenvalue weighted by Gasteiger charge is -2.08. The van der Waals surface area contributed by atoms with Crippen LogP contribution in [-0.2, 0) is 9.84 Å². The molecular weight excluding hydrogens is 274 g/mol. The van der Waals surface area contributed by atoms with Crippen LogP contribution in [0, 0.1) is 6.92 Å². The summed E-state index contributed by atoms with van der Waals surface area (Å²) in [4.78, 5) is 0. The summed E-state index contributed by atoms with van der Waals surface area (Å²) in [6.07, 6.45) is 1.22. The van der Waals surface area contributed by atoms with Crippen molar-refractivity contribution >= 4 is 21.4 Å². The molecule has 0 atom stereocenters. The summed E-state index contributed by atoms with van der Waals surface area (Å²) in [5.41, 5.74) is 0.971. The second-order valence-corrected chi connectivity index (χ2v) is 6.81. The zero-order chi connectivity index (χ0) is 13.6. The van der Waals surface area contributed by atoms with Gasteiger partial charge in [0.1, 0.15) is 22.2 Å². The quantitative estimate of drug-likeness (QED) is 0.776. The number of hydrogen-bond donors (Lipinski definition) is 1. The summed E-state index contributed by atoms with van der Waals surface area (Å²) in [5.74, 6) is 0.911. The third-order valence-corrected chi connectivity index (χ3v) is 3.70. The van der Waals surface area contributed by atoms with E-state index < -0.39 is 9.84 Å². The monoisotopic (exact) mass is 291 g/mol. The topological polar surface area (TPSA) is 55.4 Å². The molecule has 0 radical (unpaired) electrons. The van der Waals surface area contributed by atoms with Gasteiger partial charge in [-0.05, 0) is 30.7 Å².